The van der Waals surface area contributed by atoms with E-state index in [-0.39, 0.29) is 117 Å². The Bertz CT molecular complexity index is 2680. The number of rotatable bonds is 14. The van der Waals surface area contributed by atoms with Gasteiger partial charge in [0.05, 0.1) is 44.0 Å². The SMILES string of the molecule is C.C.C.C.C.CC(=O)c1ccccc1C(=O)O.COc1ccc(C(=O)/C=C/C(=O)O)cc1.COc1ccc(C(=O)c2ccccc2C(=O)[O-])cc1.COc1ccc(OC(=O)c2ccccc2C(=O)O)cc1.[Na+]. The Labute approximate surface area is 442 Å². The van der Waals surface area contributed by atoms with Crippen LogP contribution in [-0.2, 0) is 4.79 Å². The Morgan fingerprint density at radius 2 is 0.764 bits per heavy atom. The molecule has 378 valence electrons. The number of hydrogen-bond acceptors (Lipinski definition) is 13. The van der Waals surface area contributed by atoms with Gasteiger partial charge in [-0.1, -0.05) is 91.7 Å². The zero-order valence-electron chi connectivity index (χ0n) is 36.7. The van der Waals surface area contributed by atoms with Crippen LogP contribution in [0.2, 0.25) is 0 Å². The molecule has 17 heteroatoms. The average Bonchev–Trinajstić information content (AvgIpc) is 3.33. The van der Waals surface area contributed by atoms with Gasteiger partial charge in [0.25, 0.3) is 0 Å². The first-order valence-corrected chi connectivity index (χ1v) is 19.1. The second kappa shape index (κ2) is 35.9. The van der Waals surface area contributed by atoms with E-state index < -0.39 is 29.8 Å². The number of aromatic carboxylic acids is 3. The molecule has 6 aromatic carbocycles. The number of carboxylic acids is 4. The topological polar surface area (TPSA) is 257 Å². The minimum atomic E-state index is -1.36. The molecule has 0 spiro atoms. The summed E-state index contributed by atoms with van der Waals surface area (Å²) in [5.74, 6) is -4.17. The Hall–Kier alpha value is -8.18. The maximum absolute atomic E-state index is 12.2. The summed E-state index contributed by atoms with van der Waals surface area (Å²) >= 11 is 0. The van der Waals surface area contributed by atoms with Crippen LogP contribution in [-0.4, -0.2) is 83.8 Å². The summed E-state index contributed by atoms with van der Waals surface area (Å²) in [6.07, 6.45) is 1.83. The van der Waals surface area contributed by atoms with Gasteiger partial charge < -0.3 is 44.2 Å². The fourth-order valence-electron chi connectivity index (χ4n) is 5.39. The van der Waals surface area contributed by atoms with Gasteiger partial charge in [0, 0.05) is 33.9 Å². The first-order chi connectivity index (χ1) is 31.5. The summed E-state index contributed by atoms with van der Waals surface area (Å²) in [6, 6.07) is 37.4. The van der Waals surface area contributed by atoms with Crippen LogP contribution in [0, 0.1) is 0 Å². The van der Waals surface area contributed by atoms with Crippen molar-refractivity contribution in [2.75, 3.05) is 21.3 Å². The van der Waals surface area contributed by atoms with Crippen LogP contribution >= 0.6 is 0 Å². The van der Waals surface area contributed by atoms with Gasteiger partial charge in [-0.3, -0.25) is 14.4 Å². The molecule has 0 unspecified atom stereocenters. The fourth-order valence-corrected chi connectivity index (χ4v) is 5.39. The van der Waals surface area contributed by atoms with Crippen molar-refractivity contribution >= 4 is 47.2 Å². The van der Waals surface area contributed by atoms with E-state index in [2.05, 4.69) is 0 Å². The van der Waals surface area contributed by atoms with Crippen LogP contribution in [0.4, 0.5) is 0 Å². The molecule has 0 saturated heterocycles. The third kappa shape index (κ3) is 22.1. The predicted octanol–water partition coefficient (Wildman–Crippen LogP) is 7.19. The minimum Gasteiger partial charge on any atom is -0.545 e. The number of hydrogen-bond donors (Lipinski definition) is 3. The van der Waals surface area contributed by atoms with Crippen molar-refractivity contribution in [3.05, 3.63) is 202 Å². The van der Waals surface area contributed by atoms with Crippen molar-refractivity contribution < 1.29 is 107 Å². The van der Waals surface area contributed by atoms with E-state index in [4.69, 9.17) is 34.3 Å². The number of aliphatic carboxylic acids is 1. The summed E-state index contributed by atoms with van der Waals surface area (Å²) < 4.78 is 20.0. The molecule has 0 saturated carbocycles. The summed E-state index contributed by atoms with van der Waals surface area (Å²) in [7, 11) is 4.59. The quantitative estimate of drug-likeness (QED) is 0.0321. The van der Waals surface area contributed by atoms with Gasteiger partial charge in [0.15, 0.2) is 17.3 Å². The first kappa shape index (κ1) is 70.4. The first-order valence-electron chi connectivity index (χ1n) is 19.1. The van der Waals surface area contributed by atoms with E-state index in [0.29, 0.717) is 34.1 Å². The maximum atomic E-state index is 12.2. The molecule has 0 aliphatic rings. The maximum Gasteiger partial charge on any atom is 1.00 e. The number of carbonyl (C=O) groups is 8. The van der Waals surface area contributed by atoms with Crippen molar-refractivity contribution in [2.45, 2.75) is 44.1 Å². The second-order valence-corrected chi connectivity index (χ2v) is 13.0. The van der Waals surface area contributed by atoms with Gasteiger partial charge in [0.1, 0.15) is 23.0 Å². The normalized spacial score (nSPS) is 9.06. The summed E-state index contributed by atoms with van der Waals surface area (Å²) in [5.41, 5.74) is 1.07. The largest absolute Gasteiger partial charge is 1.00 e. The van der Waals surface area contributed by atoms with Gasteiger partial charge in [0.2, 0.25) is 0 Å². The Balaban J connectivity index is -0.000000423. The van der Waals surface area contributed by atoms with Crippen molar-refractivity contribution in [1.82, 2.24) is 0 Å². The number of carbonyl (C=O) groups excluding carboxylic acids is 5. The molecular formula is C55H61NaO16. The van der Waals surface area contributed by atoms with E-state index in [0.717, 1.165) is 12.2 Å². The molecule has 16 nitrogen and oxygen atoms in total. The predicted molar refractivity (Wildman–Crippen MR) is 270 cm³/mol. The van der Waals surface area contributed by atoms with Crippen LogP contribution in [0.25, 0.3) is 0 Å². The van der Waals surface area contributed by atoms with Crippen LogP contribution in [0.15, 0.2) is 158 Å². The van der Waals surface area contributed by atoms with Crippen LogP contribution < -0.4 is 53.6 Å². The zero-order chi connectivity index (χ0) is 48.8. The zero-order valence-corrected chi connectivity index (χ0v) is 38.7. The number of benzene rings is 6. The Morgan fingerprint density at radius 1 is 0.431 bits per heavy atom. The molecule has 6 aromatic rings. The van der Waals surface area contributed by atoms with Crippen molar-refractivity contribution in [1.29, 1.82) is 0 Å². The number of methoxy groups -OCH3 is 3. The van der Waals surface area contributed by atoms with E-state index in [1.165, 1.54) is 64.7 Å². The third-order valence-corrected chi connectivity index (χ3v) is 8.68. The summed E-state index contributed by atoms with van der Waals surface area (Å²) in [6.45, 7) is 1.35. The Morgan fingerprint density at radius 3 is 1.12 bits per heavy atom. The van der Waals surface area contributed by atoms with E-state index in [9.17, 15) is 43.5 Å². The van der Waals surface area contributed by atoms with E-state index in [1.54, 1.807) is 109 Å². The number of Topliss-reactive ketones (excluding diaryl/α,β-unsaturated/α-hetero) is 1. The second-order valence-electron chi connectivity index (χ2n) is 13.0. The molecule has 0 heterocycles. The number of ketones is 3. The smallest absolute Gasteiger partial charge is 0.545 e. The Kier molecular flexibility index (Phi) is 35.1. The minimum absolute atomic E-state index is 0. The van der Waals surface area contributed by atoms with Gasteiger partial charge in [-0.25, -0.2) is 19.2 Å². The molecule has 3 N–H and O–H groups in total. The molecule has 6 rings (SSSR count). The molecule has 0 aromatic heterocycles. The van der Waals surface area contributed by atoms with Crippen molar-refractivity contribution in [3.63, 3.8) is 0 Å². The van der Waals surface area contributed by atoms with E-state index >= 15 is 0 Å². The molecule has 0 fully saturated rings. The molecule has 72 heavy (non-hydrogen) atoms. The number of carboxylic acid groups (broad SMARTS) is 4. The average molecular weight is 1000 g/mol. The standard InChI is InChI=1S/C15H12O5.C15H12O4.C11H10O4.C9H8O3.5CH4.Na/c1-19-10-6-8-11(9-7-10)20-15(18)13-5-3-2-4-12(13)14(16)17;1-19-11-8-6-10(7-9-11)14(16)12-4-2-3-5-13(12)15(17)18;1-15-9-4-2-8(3-5-9)10(12)6-7-11(13)14;1-6(10)7-4-2-3-5-8(7)9(11)12;;;;;;/h2-9H,1H3,(H,16,17);2-9H,1H3,(H,17,18);2-7H,1H3,(H,13,14);2-5H,1H3,(H,11,12);5*1H4;/q;;;;;;;;;+1/p-1/b;;7-6+;;;;;;;. The molecule has 0 atom stereocenters. The number of allylic oxidation sites excluding steroid dienone is 1. The third-order valence-electron chi connectivity index (χ3n) is 8.68. The van der Waals surface area contributed by atoms with E-state index in [1.807, 2.05) is 0 Å². The van der Waals surface area contributed by atoms with Gasteiger partial charge >= 0.3 is 53.4 Å². The molecule has 0 radical (unpaired) electrons. The van der Waals surface area contributed by atoms with Gasteiger partial charge in [-0.15, -0.1) is 0 Å². The van der Waals surface area contributed by atoms with Crippen LogP contribution in [0.5, 0.6) is 23.0 Å². The summed E-state index contributed by atoms with van der Waals surface area (Å²) in [5, 5.41) is 37.0. The number of ether oxygens (including phenoxy) is 4. The fraction of sp³-hybridized carbons (Fsp3) is 0.164. The van der Waals surface area contributed by atoms with Gasteiger partial charge in [-0.2, -0.15) is 0 Å². The van der Waals surface area contributed by atoms with Gasteiger partial charge in [-0.05, 0) is 104 Å². The molecule has 0 amide bonds. The molecule has 0 aliphatic carbocycles. The van der Waals surface area contributed by atoms with Crippen molar-refractivity contribution in [2.24, 2.45) is 0 Å². The molecular weight excluding hydrogens is 940 g/mol. The van der Waals surface area contributed by atoms with Crippen LogP contribution in [0.3, 0.4) is 0 Å². The molecule has 0 aliphatic heterocycles. The molecule has 0 bridgehead atoms. The van der Waals surface area contributed by atoms with Crippen LogP contribution in [0.1, 0.15) is 122 Å². The van der Waals surface area contributed by atoms with Crippen molar-refractivity contribution in [3.8, 4) is 23.0 Å². The number of esters is 1. The monoisotopic (exact) mass is 1000 g/mol. The summed E-state index contributed by atoms with van der Waals surface area (Å²) in [4.78, 5) is 89.2.